The van der Waals surface area contributed by atoms with Crippen LogP contribution in [0.25, 0.3) is 0 Å². The third-order valence-corrected chi connectivity index (χ3v) is 5.06. The van der Waals surface area contributed by atoms with Gasteiger partial charge in [-0.25, -0.2) is 0 Å². The van der Waals surface area contributed by atoms with Crippen molar-refractivity contribution in [2.45, 2.75) is 18.5 Å². The van der Waals surface area contributed by atoms with E-state index in [1.807, 2.05) is 54.7 Å². The number of rotatable bonds is 7. The van der Waals surface area contributed by atoms with Crippen LogP contribution in [0, 0.1) is 0 Å². The molecule has 0 spiro atoms. The number of pyridine rings is 1. The maximum absolute atomic E-state index is 5.74. The minimum atomic E-state index is -0.0214. The molecule has 5 nitrogen and oxygen atoms in total. The van der Waals surface area contributed by atoms with E-state index >= 15 is 0 Å². The summed E-state index contributed by atoms with van der Waals surface area (Å²) in [6.07, 6.45) is 4.48. The molecule has 3 aromatic rings. The summed E-state index contributed by atoms with van der Waals surface area (Å²) < 4.78 is 5.74. The predicted molar refractivity (Wildman–Crippen MR) is 110 cm³/mol. The number of furan rings is 1. The van der Waals surface area contributed by atoms with Gasteiger partial charge in [0.1, 0.15) is 11.8 Å². The van der Waals surface area contributed by atoms with Crippen molar-refractivity contribution in [2.24, 2.45) is 0 Å². The van der Waals surface area contributed by atoms with E-state index in [2.05, 4.69) is 32.7 Å². The minimum Gasteiger partial charge on any atom is -0.467 e. The Morgan fingerprint density at radius 2 is 1.93 bits per heavy atom. The van der Waals surface area contributed by atoms with Gasteiger partial charge in [0.25, 0.3) is 0 Å². The van der Waals surface area contributed by atoms with Crippen LogP contribution in [0.15, 0.2) is 77.5 Å². The second-order valence-electron chi connectivity index (χ2n) is 6.48. The second-order valence-corrected chi connectivity index (χ2v) is 6.87. The van der Waals surface area contributed by atoms with Gasteiger partial charge in [-0.05, 0) is 55.0 Å². The van der Waals surface area contributed by atoms with Gasteiger partial charge in [-0.2, -0.15) is 0 Å². The number of nitrogens with zero attached hydrogens (tertiary/aromatic N) is 2. The third-order valence-electron chi connectivity index (χ3n) is 4.71. The van der Waals surface area contributed by atoms with E-state index in [0.29, 0.717) is 0 Å². The maximum atomic E-state index is 5.74. The van der Waals surface area contributed by atoms with E-state index in [9.17, 15) is 0 Å². The summed E-state index contributed by atoms with van der Waals surface area (Å²) in [5.41, 5.74) is 2.10. The van der Waals surface area contributed by atoms with Crippen molar-refractivity contribution in [3.8, 4) is 0 Å². The predicted octanol–water partition coefficient (Wildman–Crippen LogP) is 4.15. The summed E-state index contributed by atoms with van der Waals surface area (Å²) in [4.78, 5) is 6.73. The van der Waals surface area contributed by atoms with E-state index in [1.165, 1.54) is 0 Å². The van der Waals surface area contributed by atoms with Crippen molar-refractivity contribution in [3.05, 3.63) is 84.6 Å². The third kappa shape index (κ3) is 3.95. The molecule has 0 radical (unpaired) electrons. The Balaban J connectivity index is 1.46. The number of thiocarbonyl (C=S) groups is 1. The molecule has 0 amide bonds. The number of nitrogens with one attached hydrogen (secondary N) is 2. The van der Waals surface area contributed by atoms with E-state index < -0.39 is 0 Å². The summed E-state index contributed by atoms with van der Waals surface area (Å²) in [6.45, 7) is 1.71. The van der Waals surface area contributed by atoms with Crippen molar-refractivity contribution < 1.29 is 4.42 Å². The van der Waals surface area contributed by atoms with Crippen LogP contribution in [0.4, 0.5) is 5.69 Å². The Hall–Kier alpha value is -2.86. The van der Waals surface area contributed by atoms with Gasteiger partial charge in [0.2, 0.25) is 0 Å². The topological polar surface area (TPSA) is 53.3 Å². The van der Waals surface area contributed by atoms with Crippen molar-refractivity contribution in [3.63, 3.8) is 0 Å². The summed E-state index contributed by atoms with van der Waals surface area (Å²) in [5, 5.41) is 7.62. The average molecular weight is 379 g/mol. The number of para-hydroxylation sites is 1. The molecule has 1 fully saturated rings. The van der Waals surface area contributed by atoms with Crippen LogP contribution in [-0.2, 0) is 0 Å². The maximum Gasteiger partial charge on any atom is 0.170 e. The molecule has 1 aromatic carbocycles. The molecule has 1 saturated heterocycles. The fraction of sp³-hybridized carbons (Fsp3) is 0.238. The van der Waals surface area contributed by atoms with Crippen LogP contribution >= 0.6 is 12.2 Å². The van der Waals surface area contributed by atoms with Crippen LogP contribution in [0.3, 0.4) is 0 Å². The highest BCUT2D eigenvalue weighted by Gasteiger charge is 2.40. The van der Waals surface area contributed by atoms with Gasteiger partial charge in [-0.1, -0.05) is 24.3 Å². The van der Waals surface area contributed by atoms with Gasteiger partial charge in [0.05, 0.1) is 18.0 Å². The molecule has 3 heterocycles. The van der Waals surface area contributed by atoms with Gasteiger partial charge >= 0.3 is 0 Å². The van der Waals surface area contributed by atoms with Crippen LogP contribution in [0.1, 0.15) is 30.0 Å². The van der Waals surface area contributed by atoms with Gasteiger partial charge in [0, 0.05) is 25.0 Å². The first-order valence-electron chi connectivity index (χ1n) is 9.13. The highest BCUT2D eigenvalue weighted by Crippen LogP contribution is 2.38. The number of aromatic nitrogens is 1. The quantitative estimate of drug-likeness (QED) is 0.476. The van der Waals surface area contributed by atoms with Crippen LogP contribution in [0.5, 0.6) is 0 Å². The monoisotopic (exact) mass is 378 g/mol. The highest BCUT2D eigenvalue weighted by atomic mass is 32.1. The fourth-order valence-electron chi connectivity index (χ4n) is 3.45. The average Bonchev–Trinajstić information content (AvgIpc) is 3.35. The van der Waals surface area contributed by atoms with Crippen LogP contribution < -0.4 is 10.6 Å². The number of hydrogen-bond donors (Lipinski definition) is 2. The number of hydrogen-bond acceptors (Lipinski definition) is 4. The Kier molecular flexibility index (Phi) is 5.34. The zero-order valence-electron chi connectivity index (χ0n) is 14.9. The molecule has 1 aliphatic rings. The molecule has 4 rings (SSSR count). The molecule has 138 valence electrons. The van der Waals surface area contributed by atoms with Crippen molar-refractivity contribution in [1.29, 1.82) is 0 Å². The zero-order chi connectivity index (χ0) is 18.5. The van der Waals surface area contributed by atoms with Crippen molar-refractivity contribution in [2.75, 3.05) is 18.4 Å². The van der Waals surface area contributed by atoms with Crippen LogP contribution in [-0.4, -0.2) is 28.1 Å². The first-order valence-corrected chi connectivity index (χ1v) is 9.54. The molecule has 1 aliphatic heterocycles. The smallest absolute Gasteiger partial charge is 0.170 e. The molecule has 0 saturated carbocycles. The first kappa shape index (κ1) is 17.5. The lowest BCUT2D eigenvalue weighted by atomic mass is 10.0. The molecule has 0 unspecified atom stereocenters. The second kappa shape index (κ2) is 8.22. The number of benzene rings is 1. The van der Waals surface area contributed by atoms with Gasteiger partial charge in [0.15, 0.2) is 5.11 Å². The molecule has 2 aromatic heterocycles. The first-order chi connectivity index (χ1) is 13.3. The molecular weight excluding hydrogens is 356 g/mol. The van der Waals surface area contributed by atoms with E-state index in [-0.39, 0.29) is 12.1 Å². The van der Waals surface area contributed by atoms with Crippen molar-refractivity contribution in [1.82, 2.24) is 15.2 Å². The van der Waals surface area contributed by atoms with Gasteiger partial charge < -0.3 is 20.0 Å². The van der Waals surface area contributed by atoms with E-state index in [1.54, 1.807) is 6.26 Å². The van der Waals surface area contributed by atoms with Gasteiger partial charge in [-0.15, -0.1) is 0 Å². The molecule has 2 atom stereocenters. The Bertz CT molecular complexity index is 854. The van der Waals surface area contributed by atoms with Crippen LogP contribution in [0.2, 0.25) is 0 Å². The summed E-state index contributed by atoms with van der Waals surface area (Å²) in [6, 6.07) is 20.1. The molecule has 6 heteroatoms. The lowest BCUT2D eigenvalue weighted by molar-refractivity contribution is 0.272. The summed E-state index contributed by atoms with van der Waals surface area (Å²) >= 11 is 5.64. The fourth-order valence-corrected chi connectivity index (χ4v) is 3.78. The summed E-state index contributed by atoms with van der Waals surface area (Å²) in [7, 11) is 0. The Morgan fingerprint density at radius 1 is 1.07 bits per heavy atom. The minimum absolute atomic E-state index is 0.000810. The SMILES string of the molecule is S=C1N[C@@H](c2ccccn2)[C@H](c2ccco2)N1CCCNc1ccccc1. The standard InChI is InChI=1S/C21H22N4OS/c27-21-24-19(17-10-4-5-12-23-17)20(18-11-6-15-26-18)25(21)14-7-13-22-16-8-2-1-3-9-16/h1-6,8-12,15,19-20,22H,7,13-14H2,(H,24,27)/t19-,20-/m0/s1. The lowest BCUT2D eigenvalue weighted by Gasteiger charge is -2.26. The Labute approximate surface area is 164 Å². The highest BCUT2D eigenvalue weighted by molar-refractivity contribution is 7.80. The molecule has 0 bridgehead atoms. The molecular formula is C21H22N4OS. The normalized spacial score (nSPS) is 19.1. The largest absolute Gasteiger partial charge is 0.467 e. The summed E-state index contributed by atoms with van der Waals surface area (Å²) in [5.74, 6) is 0.897. The zero-order valence-corrected chi connectivity index (χ0v) is 15.7. The molecule has 0 aliphatic carbocycles. The number of anilines is 1. The van der Waals surface area contributed by atoms with Crippen molar-refractivity contribution >= 4 is 23.0 Å². The molecule has 27 heavy (non-hydrogen) atoms. The van der Waals surface area contributed by atoms with Gasteiger partial charge in [-0.3, -0.25) is 4.98 Å². The Morgan fingerprint density at radius 3 is 2.67 bits per heavy atom. The molecule has 2 N–H and O–H groups in total. The van der Waals surface area contributed by atoms with E-state index in [0.717, 1.165) is 41.8 Å². The lowest BCUT2D eigenvalue weighted by Crippen LogP contribution is -2.31. The van der Waals surface area contributed by atoms with E-state index in [4.69, 9.17) is 16.6 Å².